The van der Waals surface area contributed by atoms with E-state index in [1.165, 1.54) is 6.07 Å². The summed E-state index contributed by atoms with van der Waals surface area (Å²) < 4.78 is 13.8. The highest BCUT2D eigenvalue weighted by Crippen LogP contribution is 2.22. The van der Waals surface area contributed by atoms with Crippen LogP contribution in [0.3, 0.4) is 0 Å². The van der Waals surface area contributed by atoms with Crippen molar-refractivity contribution in [3.8, 4) is 0 Å². The number of pyridine rings is 1. The molecule has 0 spiro atoms. The van der Waals surface area contributed by atoms with Crippen molar-refractivity contribution in [3.63, 3.8) is 0 Å². The van der Waals surface area contributed by atoms with Gasteiger partial charge in [-0.1, -0.05) is 30.3 Å². The quantitative estimate of drug-likeness (QED) is 0.570. The molecule has 1 unspecified atom stereocenters. The van der Waals surface area contributed by atoms with E-state index in [0.29, 0.717) is 12.0 Å². The third-order valence-corrected chi connectivity index (χ3v) is 3.61. The van der Waals surface area contributed by atoms with Gasteiger partial charge in [0.1, 0.15) is 5.82 Å². The maximum atomic E-state index is 13.8. The summed E-state index contributed by atoms with van der Waals surface area (Å²) in [6, 6.07) is 16.5. The van der Waals surface area contributed by atoms with E-state index in [0.717, 1.165) is 16.5 Å². The number of rotatable bonds is 4. The van der Waals surface area contributed by atoms with E-state index >= 15 is 0 Å². The van der Waals surface area contributed by atoms with Gasteiger partial charge in [-0.2, -0.15) is 0 Å². The van der Waals surface area contributed by atoms with Crippen molar-refractivity contribution in [1.82, 2.24) is 10.4 Å². The number of fused-ring (bicyclic) bond motifs is 1. The first-order valence-electron chi connectivity index (χ1n) is 6.82. The van der Waals surface area contributed by atoms with E-state index in [1.54, 1.807) is 18.3 Å². The van der Waals surface area contributed by atoms with E-state index in [2.05, 4.69) is 10.4 Å². The Balaban J connectivity index is 1.93. The Labute approximate surface area is 122 Å². The number of hydrogen-bond acceptors (Lipinski definition) is 3. The van der Waals surface area contributed by atoms with Gasteiger partial charge in [-0.3, -0.25) is 16.3 Å². The van der Waals surface area contributed by atoms with Crippen molar-refractivity contribution < 1.29 is 4.39 Å². The fraction of sp³-hybridized carbons (Fsp3) is 0.118. The second-order valence-corrected chi connectivity index (χ2v) is 4.97. The van der Waals surface area contributed by atoms with Gasteiger partial charge in [-0.05, 0) is 41.8 Å². The molecular weight excluding hydrogens is 265 g/mol. The number of aromatic nitrogens is 1. The summed E-state index contributed by atoms with van der Waals surface area (Å²) in [5.74, 6) is 5.45. The molecule has 0 aliphatic rings. The van der Waals surface area contributed by atoms with Gasteiger partial charge >= 0.3 is 0 Å². The van der Waals surface area contributed by atoms with Crippen molar-refractivity contribution >= 4 is 10.9 Å². The Morgan fingerprint density at radius 2 is 1.95 bits per heavy atom. The molecule has 1 aromatic heterocycles. The largest absolute Gasteiger partial charge is 0.271 e. The van der Waals surface area contributed by atoms with Gasteiger partial charge in [0.25, 0.3) is 0 Å². The van der Waals surface area contributed by atoms with Crippen LogP contribution in [0.15, 0.2) is 60.8 Å². The Morgan fingerprint density at radius 1 is 1.10 bits per heavy atom. The smallest absolute Gasteiger partial charge is 0.126 e. The summed E-state index contributed by atoms with van der Waals surface area (Å²) in [5, 5.41) is 1.05. The molecule has 0 aliphatic carbocycles. The summed E-state index contributed by atoms with van der Waals surface area (Å²) in [4.78, 5) is 4.29. The first-order valence-corrected chi connectivity index (χ1v) is 6.82. The molecule has 3 aromatic rings. The second kappa shape index (κ2) is 5.99. The molecule has 1 atom stereocenters. The molecule has 1 heterocycles. The SMILES string of the molecule is NNC(Cc1ccccc1F)c1ccc2ncccc2c1. The lowest BCUT2D eigenvalue weighted by atomic mass is 9.98. The van der Waals surface area contributed by atoms with Gasteiger partial charge < -0.3 is 0 Å². The Hall–Kier alpha value is -2.30. The van der Waals surface area contributed by atoms with Crippen molar-refractivity contribution in [2.24, 2.45) is 5.84 Å². The lowest BCUT2D eigenvalue weighted by Gasteiger charge is -2.17. The highest BCUT2D eigenvalue weighted by Gasteiger charge is 2.13. The summed E-state index contributed by atoms with van der Waals surface area (Å²) in [5.41, 5.74) is 5.37. The number of benzene rings is 2. The van der Waals surface area contributed by atoms with Gasteiger partial charge in [0, 0.05) is 11.6 Å². The molecule has 0 radical (unpaired) electrons. The standard InChI is InChI=1S/C17H16FN3/c18-15-6-2-1-4-12(15)11-17(21-19)14-7-8-16-13(10-14)5-3-9-20-16/h1-10,17,21H,11,19H2. The first-order chi connectivity index (χ1) is 10.3. The third-order valence-electron chi connectivity index (χ3n) is 3.61. The molecule has 0 saturated carbocycles. The zero-order valence-electron chi connectivity index (χ0n) is 11.5. The molecule has 2 aromatic carbocycles. The summed E-state index contributed by atoms with van der Waals surface area (Å²) in [7, 11) is 0. The number of hydrazine groups is 1. The van der Waals surface area contributed by atoms with Crippen molar-refractivity contribution in [1.29, 1.82) is 0 Å². The molecule has 3 rings (SSSR count). The van der Waals surface area contributed by atoms with E-state index < -0.39 is 0 Å². The van der Waals surface area contributed by atoms with Gasteiger partial charge in [-0.15, -0.1) is 0 Å². The van der Waals surface area contributed by atoms with E-state index in [9.17, 15) is 4.39 Å². The highest BCUT2D eigenvalue weighted by molar-refractivity contribution is 5.79. The van der Waals surface area contributed by atoms with Gasteiger partial charge in [-0.25, -0.2) is 4.39 Å². The molecular formula is C17H16FN3. The number of nitrogens with one attached hydrogen (secondary N) is 1. The van der Waals surface area contributed by atoms with E-state index in [1.807, 2.05) is 36.4 Å². The fourth-order valence-electron chi connectivity index (χ4n) is 2.47. The zero-order chi connectivity index (χ0) is 14.7. The molecule has 21 heavy (non-hydrogen) atoms. The summed E-state index contributed by atoms with van der Waals surface area (Å²) in [6.07, 6.45) is 2.26. The predicted octanol–water partition coefficient (Wildman–Crippen LogP) is 3.12. The first kappa shape index (κ1) is 13.7. The average Bonchev–Trinajstić information content (AvgIpc) is 2.54. The van der Waals surface area contributed by atoms with Crippen LogP contribution in [0.1, 0.15) is 17.2 Å². The molecule has 0 amide bonds. The molecule has 106 valence electrons. The van der Waals surface area contributed by atoms with Gasteiger partial charge in [0.15, 0.2) is 0 Å². The molecule has 3 nitrogen and oxygen atoms in total. The van der Waals surface area contributed by atoms with Crippen LogP contribution >= 0.6 is 0 Å². The Morgan fingerprint density at radius 3 is 2.76 bits per heavy atom. The predicted molar refractivity (Wildman–Crippen MR) is 81.9 cm³/mol. The van der Waals surface area contributed by atoms with E-state index in [-0.39, 0.29) is 11.9 Å². The lowest BCUT2D eigenvalue weighted by Crippen LogP contribution is -2.29. The Kier molecular flexibility index (Phi) is 3.90. The topological polar surface area (TPSA) is 50.9 Å². The normalized spacial score (nSPS) is 12.5. The molecule has 0 fully saturated rings. The Bertz CT molecular complexity index is 758. The van der Waals surface area contributed by atoms with Crippen LogP contribution in [0.25, 0.3) is 10.9 Å². The monoisotopic (exact) mass is 281 g/mol. The molecule has 0 saturated heterocycles. The number of nitrogens with zero attached hydrogens (tertiary/aromatic N) is 1. The van der Waals surface area contributed by atoms with Crippen molar-refractivity contribution in [2.75, 3.05) is 0 Å². The van der Waals surface area contributed by atoms with Crippen LogP contribution in [0.4, 0.5) is 4.39 Å². The molecule has 3 N–H and O–H groups in total. The van der Waals surface area contributed by atoms with Crippen LogP contribution in [-0.4, -0.2) is 4.98 Å². The van der Waals surface area contributed by atoms with Crippen LogP contribution in [0.5, 0.6) is 0 Å². The lowest BCUT2D eigenvalue weighted by molar-refractivity contribution is 0.529. The minimum absolute atomic E-state index is 0.147. The summed E-state index contributed by atoms with van der Waals surface area (Å²) in [6.45, 7) is 0. The minimum Gasteiger partial charge on any atom is -0.271 e. The number of hydrogen-bond donors (Lipinski definition) is 2. The maximum Gasteiger partial charge on any atom is 0.126 e. The fourth-order valence-corrected chi connectivity index (χ4v) is 2.47. The summed E-state index contributed by atoms with van der Waals surface area (Å²) >= 11 is 0. The number of nitrogens with two attached hydrogens (primary N) is 1. The average molecular weight is 281 g/mol. The minimum atomic E-state index is -0.208. The van der Waals surface area contributed by atoms with Crippen LogP contribution in [-0.2, 0) is 6.42 Å². The molecule has 0 aliphatic heterocycles. The second-order valence-electron chi connectivity index (χ2n) is 4.97. The van der Waals surface area contributed by atoms with Gasteiger partial charge in [0.05, 0.1) is 11.6 Å². The molecule has 0 bridgehead atoms. The van der Waals surface area contributed by atoms with E-state index in [4.69, 9.17) is 5.84 Å². The maximum absolute atomic E-state index is 13.8. The third kappa shape index (κ3) is 2.91. The van der Waals surface area contributed by atoms with Crippen LogP contribution in [0, 0.1) is 5.82 Å². The van der Waals surface area contributed by atoms with Crippen molar-refractivity contribution in [2.45, 2.75) is 12.5 Å². The van der Waals surface area contributed by atoms with Gasteiger partial charge in [0.2, 0.25) is 0 Å². The molecule has 4 heteroatoms. The van der Waals surface area contributed by atoms with Crippen LogP contribution in [0.2, 0.25) is 0 Å². The highest BCUT2D eigenvalue weighted by atomic mass is 19.1. The van der Waals surface area contributed by atoms with Crippen LogP contribution < -0.4 is 11.3 Å². The zero-order valence-corrected chi connectivity index (χ0v) is 11.5. The number of halogens is 1. The van der Waals surface area contributed by atoms with Crippen molar-refractivity contribution in [3.05, 3.63) is 77.7 Å².